The first kappa shape index (κ1) is 18.9. The van der Waals surface area contributed by atoms with Crippen molar-refractivity contribution in [2.75, 3.05) is 39.4 Å². The standard InChI is InChI=1S/C20H22ClN5O2/c21-16-4-1-3-15(13-16)18-5-7-22-19-17(14-24-26(18)19)20(27)23-6-2-8-25-9-11-28-12-10-25/h1,3-5,7,13-14H,2,6,8-12H2,(H,23,27). The summed E-state index contributed by atoms with van der Waals surface area (Å²) in [6.45, 7) is 5.05. The zero-order chi connectivity index (χ0) is 19.3. The van der Waals surface area contributed by atoms with Crippen LogP contribution in [0.3, 0.4) is 0 Å². The van der Waals surface area contributed by atoms with Crippen LogP contribution in [0.1, 0.15) is 16.8 Å². The van der Waals surface area contributed by atoms with Gasteiger partial charge in [-0.1, -0.05) is 23.7 Å². The smallest absolute Gasteiger partial charge is 0.256 e. The number of halogens is 1. The van der Waals surface area contributed by atoms with Gasteiger partial charge in [0, 0.05) is 36.4 Å². The van der Waals surface area contributed by atoms with Crippen LogP contribution in [-0.2, 0) is 4.74 Å². The second kappa shape index (κ2) is 8.68. The van der Waals surface area contributed by atoms with Gasteiger partial charge in [0.05, 0.1) is 25.1 Å². The van der Waals surface area contributed by atoms with Gasteiger partial charge in [0.2, 0.25) is 0 Å². The monoisotopic (exact) mass is 399 g/mol. The fourth-order valence-corrected chi connectivity index (χ4v) is 3.53. The quantitative estimate of drug-likeness (QED) is 0.645. The SMILES string of the molecule is O=C(NCCCN1CCOCC1)c1cnn2c(-c3cccc(Cl)c3)ccnc12. The van der Waals surface area contributed by atoms with E-state index in [4.69, 9.17) is 16.3 Å². The van der Waals surface area contributed by atoms with Gasteiger partial charge < -0.3 is 10.1 Å². The number of nitrogens with one attached hydrogen (secondary N) is 1. The van der Waals surface area contributed by atoms with Crippen LogP contribution in [0, 0.1) is 0 Å². The lowest BCUT2D eigenvalue weighted by atomic mass is 10.1. The van der Waals surface area contributed by atoms with Gasteiger partial charge in [-0.3, -0.25) is 9.69 Å². The molecule has 0 bridgehead atoms. The minimum Gasteiger partial charge on any atom is -0.379 e. The predicted octanol–water partition coefficient (Wildman–Crippen LogP) is 2.50. The van der Waals surface area contributed by atoms with Crippen molar-refractivity contribution < 1.29 is 9.53 Å². The lowest BCUT2D eigenvalue weighted by Gasteiger charge is -2.26. The minimum absolute atomic E-state index is 0.160. The fourth-order valence-electron chi connectivity index (χ4n) is 3.34. The molecule has 0 spiro atoms. The third kappa shape index (κ3) is 4.16. The number of hydrogen-bond donors (Lipinski definition) is 1. The van der Waals surface area contributed by atoms with E-state index in [1.807, 2.05) is 30.3 Å². The first-order valence-corrected chi connectivity index (χ1v) is 9.77. The molecule has 2 aromatic heterocycles. The summed E-state index contributed by atoms with van der Waals surface area (Å²) >= 11 is 6.11. The lowest BCUT2D eigenvalue weighted by molar-refractivity contribution is 0.0374. The second-order valence-electron chi connectivity index (χ2n) is 6.70. The van der Waals surface area contributed by atoms with Gasteiger partial charge in [0.15, 0.2) is 5.65 Å². The molecule has 1 N–H and O–H groups in total. The van der Waals surface area contributed by atoms with E-state index in [-0.39, 0.29) is 5.91 Å². The van der Waals surface area contributed by atoms with Gasteiger partial charge >= 0.3 is 0 Å². The van der Waals surface area contributed by atoms with Crippen LogP contribution in [0.5, 0.6) is 0 Å². The van der Waals surface area contributed by atoms with Crippen molar-refractivity contribution in [3.8, 4) is 11.3 Å². The van der Waals surface area contributed by atoms with Crippen molar-refractivity contribution >= 4 is 23.2 Å². The average molecular weight is 400 g/mol. The van der Waals surface area contributed by atoms with Crippen LogP contribution < -0.4 is 5.32 Å². The molecule has 1 amide bonds. The molecule has 8 heteroatoms. The summed E-state index contributed by atoms with van der Waals surface area (Å²) in [4.78, 5) is 19.3. The molecule has 28 heavy (non-hydrogen) atoms. The summed E-state index contributed by atoms with van der Waals surface area (Å²) in [5.74, 6) is -0.160. The number of rotatable bonds is 6. The van der Waals surface area contributed by atoms with E-state index in [1.165, 1.54) is 0 Å². The first-order valence-electron chi connectivity index (χ1n) is 9.39. The number of amides is 1. The van der Waals surface area contributed by atoms with Gasteiger partial charge in [-0.15, -0.1) is 0 Å². The summed E-state index contributed by atoms with van der Waals surface area (Å²) in [5, 5.41) is 8.00. The zero-order valence-corrected chi connectivity index (χ0v) is 16.2. The summed E-state index contributed by atoms with van der Waals surface area (Å²) in [6.07, 6.45) is 4.14. The topological polar surface area (TPSA) is 71.8 Å². The van der Waals surface area contributed by atoms with Gasteiger partial charge in [-0.05, 0) is 31.2 Å². The van der Waals surface area contributed by atoms with Crippen molar-refractivity contribution in [1.82, 2.24) is 24.8 Å². The van der Waals surface area contributed by atoms with Gasteiger partial charge in [-0.2, -0.15) is 5.10 Å². The maximum atomic E-state index is 12.6. The zero-order valence-electron chi connectivity index (χ0n) is 15.5. The molecule has 0 unspecified atom stereocenters. The third-order valence-electron chi connectivity index (χ3n) is 4.81. The molecule has 3 heterocycles. The molecular formula is C20H22ClN5O2. The van der Waals surface area contributed by atoms with Crippen molar-refractivity contribution in [3.63, 3.8) is 0 Å². The normalized spacial score (nSPS) is 15.0. The molecule has 0 radical (unpaired) electrons. The highest BCUT2D eigenvalue weighted by Gasteiger charge is 2.16. The van der Waals surface area contributed by atoms with E-state index < -0.39 is 0 Å². The number of ether oxygens (including phenoxy) is 1. The predicted molar refractivity (Wildman–Crippen MR) is 108 cm³/mol. The molecule has 1 aromatic carbocycles. The molecule has 1 saturated heterocycles. The van der Waals surface area contributed by atoms with Crippen molar-refractivity contribution in [1.29, 1.82) is 0 Å². The molecule has 1 aliphatic heterocycles. The van der Waals surface area contributed by atoms with E-state index in [9.17, 15) is 4.79 Å². The summed E-state index contributed by atoms with van der Waals surface area (Å²) < 4.78 is 7.02. The number of hydrogen-bond acceptors (Lipinski definition) is 5. The largest absolute Gasteiger partial charge is 0.379 e. The Balaban J connectivity index is 1.44. The summed E-state index contributed by atoms with van der Waals surface area (Å²) in [7, 11) is 0. The number of fused-ring (bicyclic) bond motifs is 1. The Morgan fingerprint density at radius 1 is 1.25 bits per heavy atom. The lowest BCUT2D eigenvalue weighted by Crippen LogP contribution is -2.38. The highest BCUT2D eigenvalue weighted by atomic mass is 35.5. The highest BCUT2D eigenvalue weighted by Crippen LogP contribution is 2.23. The van der Waals surface area contributed by atoms with E-state index in [0.29, 0.717) is 22.8 Å². The van der Waals surface area contributed by atoms with Crippen LogP contribution in [-0.4, -0.2) is 64.8 Å². The molecule has 7 nitrogen and oxygen atoms in total. The van der Waals surface area contributed by atoms with Crippen LogP contribution >= 0.6 is 11.6 Å². The summed E-state index contributed by atoms with van der Waals surface area (Å²) in [5.41, 5.74) is 2.75. The molecule has 146 valence electrons. The number of aromatic nitrogens is 3. The Hall–Kier alpha value is -2.48. The van der Waals surface area contributed by atoms with E-state index >= 15 is 0 Å². The van der Waals surface area contributed by atoms with Crippen LogP contribution in [0.4, 0.5) is 0 Å². The second-order valence-corrected chi connectivity index (χ2v) is 7.13. The summed E-state index contributed by atoms with van der Waals surface area (Å²) in [6, 6.07) is 9.38. The van der Waals surface area contributed by atoms with Crippen LogP contribution in [0.15, 0.2) is 42.7 Å². The van der Waals surface area contributed by atoms with Crippen molar-refractivity contribution in [3.05, 3.63) is 53.3 Å². The maximum Gasteiger partial charge on any atom is 0.256 e. The Labute approximate surface area is 168 Å². The Morgan fingerprint density at radius 2 is 2.11 bits per heavy atom. The van der Waals surface area contributed by atoms with Crippen molar-refractivity contribution in [2.24, 2.45) is 0 Å². The van der Waals surface area contributed by atoms with Crippen LogP contribution in [0.2, 0.25) is 5.02 Å². The van der Waals surface area contributed by atoms with Gasteiger partial charge in [0.1, 0.15) is 5.56 Å². The highest BCUT2D eigenvalue weighted by molar-refractivity contribution is 6.30. The molecule has 0 atom stereocenters. The number of carbonyl (C=O) groups excluding carboxylic acids is 1. The van der Waals surface area contributed by atoms with Crippen LogP contribution in [0.25, 0.3) is 16.9 Å². The third-order valence-corrected chi connectivity index (χ3v) is 5.04. The number of nitrogens with zero attached hydrogens (tertiary/aromatic N) is 4. The Kier molecular flexibility index (Phi) is 5.85. The first-order chi connectivity index (χ1) is 13.7. The van der Waals surface area contributed by atoms with Crippen molar-refractivity contribution in [2.45, 2.75) is 6.42 Å². The molecule has 1 aliphatic rings. The van der Waals surface area contributed by atoms with Gasteiger partial charge in [-0.25, -0.2) is 9.50 Å². The molecule has 0 aliphatic carbocycles. The van der Waals surface area contributed by atoms with E-state index in [0.717, 1.165) is 50.5 Å². The van der Waals surface area contributed by atoms with E-state index in [1.54, 1.807) is 16.9 Å². The molecule has 1 fully saturated rings. The molecule has 4 rings (SSSR count). The fraction of sp³-hybridized carbons (Fsp3) is 0.350. The number of morpholine rings is 1. The number of carbonyl (C=O) groups is 1. The Morgan fingerprint density at radius 3 is 2.93 bits per heavy atom. The van der Waals surface area contributed by atoms with E-state index in [2.05, 4.69) is 20.3 Å². The number of benzene rings is 1. The Bertz CT molecular complexity index is 968. The minimum atomic E-state index is -0.160. The average Bonchev–Trinajstić information content (AvgIpc) is 3.16. The molecule has 3 aromatic rings. The maximum absolute atomic E-state index is 12.6. The molecular weight excluding hydrogens is 378 g/mol. The molecule has 0 saturated carbocycles. The van der Waals surface area contributed by atoms with Gasteiger partial charge in [0.25, 0.3) is 5.91 Å².